The summed E-state index contributed by atoms with van der Waals surface area (Å²) in [5.41, 5.74) is 3.87. The molecule has 1 aromatic heterocycles. The van der Waals surface area contributed by atoms with Crippen molar-refractivity contribution in [3.8, 4) is 5.75 Å². The van der Waals surface area contributed by atoms with Crippen LogP contribution >= 0.6 is 0 Å². The number of rotatable bonds is 3. The predicted molar refractivity (Wildman–Crippen MR) is 92.7 cm³/mol. The second kappa shape index (κ2) is 6.48. The number of nitrogens with zero attached hydrogens (tertiary/aromatic N) is 3. The van der Waals surface area contributed by atoms with Crippen molar-refractivity contribution in [2.45, 2.75) is 13.8 Å². The lowest BCUT2D eigenvalue weighted by Gasteiger charge is -2.10. The van der Waals surface area contributed by atoms with E-state index < -0.39 is 0 Å². The number of hydrogen-bond acceptors (Lipinski definition) is 3. The normalized spacial score (nSPS) is 11.5. The van der Waals surface area contributed by atoms with Crippen molar-refractivity contribution < 1.29 is 4.74 Å². The Balaban J connectivity index is 2.18. The fourth-order valence-corrected chi connectivity index (χ4v) is 2.37. The first kappa shape index (κ1) is 15.0. The molecular formula is C19H19N3O. The first-order valence-corrected chi connectivity index (χ1v) is 7.49. The Kier molecular flexibility index (Phi) is 4.24. The molecule has 3 aromatic rings. The predicted octanol–water partition coefficient (Wildman–Crippen LogP) is 4.14. The highest BCUT2D eigenvalue weighted by Crippen LogP contribution is 2.29. The van der Waals surface area contributed by atoms with E-state index in [1.807, 2.05) is 74.6 Å². The summed E-state index contributed by atoms with van der Waals surface area (Å²) >= 11 is 0. The Morgan fingerprint density at radius 3 is 2.48 bits per heavy atom. The maximum Gasteiger partial charge on any atom is 0.161 e. The molecule has 0 saturated carbocycles. The van der Waals surface area contributed by atoms with Crippen LogP contribution in [0.2, 0.25) is 0 Å². The number of methoxy groups -OCH3 is 1. The van der Waals surface area contributed by atoms with Crippen LogP contribution in [0.15, 0.2) is 65.8 Å². The highest BCUT2D eigenvalue weighted by atomic mass is 16.5. The van der Waals surface area contributed by atoms with E-state index in [0.717, 1.165) is 34.1 Å². The van der Waals surface area contributed by atoms with Crippen LogP contribution < -0.4 is 4.74 Å². The summed E-state index contributed by atoms with van der Waals surface area (Å²) in [6, 6.07) is 18.0. The molecule has 0 N–H and O–H groups in total. The largest absolute Gasteiger partial charge is 0.494 e. The van der Waals surface area contributed by atoms with Crippen molar-refractivity contribution >= 4 is 11.5 Å². The minimum absolute atomic E-state index is 0.743. The van der Waals surface area contributed by atoms with Gasteiger partial charge in [-0.15, -0.1) is 0 Å². The van der Waals surface area contributed by atoms with Gasteiger partial charge in [0.1, 0.15) is 11.4 Å². The molecule has 0 amide bonds. The average Bonchev–Trinajstić information content (AvgIpc) is 3.00. The van der Waals surface area contributed by atoms with Gasteiger partial charge < -0.3 is 4.74 Å². The third-order valence-electron chi connectivity index (χ3n) is 3.53. The van der Waals surface area contributed by atoms with E-state index in [0.29, 0.717) is 0 Å². The number of hydrogen-bond donors (Lipinski definition) is 0. The van der Waals surface area contributed by atoms with Gasteiger partial charge in [-0.3, -0.25) is 0 Å². The summed E-state index contributed by atoms with van der Waals surface area (Å²) in [6.45, 7) is 4.01. The van der Waals surface area contributed by atoms with Gasteiger partial charge in [0.25, 0.3) is 0 Å². The molecule has 0 radical (unpaired) electrons. The van der Waals surface area contributed by atoms with Gasteiger partial charge in [0, 0.05) is 11.8 Å². The van der Waals surface area contributed by atoms with Gasteiger partial charge >= 0.3 is 0 Å². The molecule has 116 valence electrons. The molecule has 1 heterocycles. The first-order valence-electron chi connectivity index (χ1n) is 7.49. The van der Waals surface area contributed by atoms with E-state index in [4.69, 9.17) is 9.73 Å². The molecule has 4 nitrogen and oxygen atoms in total. The molecule has 0 aliphatic carbocycles. The van der Waals surface area contributed by atoms with Gasteiger partial charge in [0.05, 0.1) is 12.8 Å². The summed E-state index contributed by atoms with van der Waals surface area (Å²) in [7, 11) is 1.66. The third-order valence-corrected chi connectivity index (χ3v) is 3.53. The second-order valence-corrected chi connectivity index (χ2v) is 5.38. The van der Waals surface area contributed by atoms with E-state index in [9.17, 15) is 0 Å². The molecule has 4 heteroatoms. The zero-order valence-corrected chi connectivity index (χ0v) is 13.5. The lowest BCUT2D eigenvalue weighted by atomic mass is 10.2. The van der Waals surface area contributed by atoms with Crippen molar-refractivity contribution in [1.82, 2.24) is 9.78 Å². The Morgan fingerprint density at radius 1 is 1.04 bits per heavy atom. The summed E-state index contributed by atoms with van der Waals surface area (Å²) in [6.07, 6.45) is 1.92. The fraction of sp³-hybridized carbons (Fsp3) is 0.158. The second-order valence-electron chi connectivity index (χ2n) is 5.38. The SMILES string of the molecule is COc1ccc(C)cc1N=C(c1ccccc1)n1ccc(C)n1. The van der Waals surface area contributed by atoms with Crippen molar-refractivity contribution in [3.05, 3.63) is 77.6 Å². The molecule has 23 heavy (non-hydrogen) atoms. The number of aliphatic imine (C=N–C) groups is 1. The Labute approximate surface area is 136 Å². The molecule has 0 saturated heterocycles. The molecule has 0 spiro atoms. The lowest BCUT2D eigenvalue weighted by molar-refractivity contribution is 0.416. The molecule has 2 aromatic carbocycles. The highest BCUT2D eigenvalue weighted by molar-refractivity contribution is 6.01. The minimum atomic E-state index is 0.743. The quantitative estimate of drug-likeness (QED) is 0.539. The van der Waals surface area contributed by atoms with E-state index in [-0.39, 0.29) is 0 Å². The fourth-order valence-electron chi connectivity index (χ4n) is 2.37. The van der Waals surface area contributed by atoms with Crippen LogP contribution in [0.5, 0.6) is 5.75 Å². The summed E-state index contributed by atoms with van der Waals surface area (Å²) in [5.74, 6) is 1.51. The van der Waals surface area contributed by atoms with Crippen LogP contribution in [-0.2, 0) is 0 Å². The lowest BCUT2D eigenvalue weighted by Crippen LogP contribution is -2.14. The van der Waals surface area contributed by atoms with Gasteiger partial charge in [0.15, 0.2) is 5.84 Å². The maximum absolute atomic E-state index is 5.44. The number of benzene rings is 2. The van der Waals surface area contributed by atoms with E-state index >= 15 is 0 Å². The topological polar surface area (TPSA) is 39.4 Å². The standard InChI is InChI=1S/C19H19N3O/c1-14-9-10-18(23-3)17(13-14)20-19(16-7-5-4-6-8-16)22-12-11-15(2)21-22/h4-13H,1-3H3. The first-order chi connectivity index (χ1) is 11.2. The maximum atomic E-state index is 5.44. The Morgan fingerprint density at radius 2 is 1.83 bits per heavy atom. The summed E-state index contributed by atoms with van der Waals surface area (Å²) in [5, 5.41) is 4.51. The van der Waals surface area contributed by atoms with Crippen molar-refractivity contribution in [2.24, 2.45) is 4.99 Å². The van der Waals surface area contributed by atoms with Gasteiger partial charge in [-0.25, -0.2) is 9.67 Å². The van der Waals surface area contributed by atoms with Crippen LogP contribution in [0.25, 0.3) is 0 Å². The van der Waals surface area contributed by atoms with Crippen molar-refractivity contribution in [3.63, 3.8) is 0 Å². The zero-order valence-electron chi connectivity index (χ0n) is 13.5. The summed E-state index contributed by atoms with van der Waals surface area (Å²) < 4.78 is 7.24. The molecule has 3 rings (SSSR count). The van der Waals surface area contributed by atoms with Gasteiger partial charge in [-0.2, -0.15) is 5.10 Å². The number of ether oxygens (including phenoxy) is 1. The molecule has 0 fully saturated rings. The molecule has 0 aliphatic heterocycles. The van der Waals surface area contributed by atoms with Gasteiger partial charge in [0.2, 0.25) is 0 Å². The summed E-state index contributed by atoms with van der Waals surface area (Å²) in [4.78, 5) is 4.84. The third kappa shape index (κ3) is 3.31. The van der Waals surface area contributed by atoms with E-state index in [1.165, 1.54) is 0 Å². The highest BCUT2D eigenvalue weighted by Gasteiger charge is 2.10. The molecule has 0 aliphatic rings. The van der Waals surface area contributed by atoms with Crippen LogP contribution in [0.3, 0.4) is 0 Å². The van der Waals surface area contributed by atoms with E-state index in [2.05, 4.69) is 5.10 Å². The molecular weight excluding hydrogens is 286 g/mol. The van der Waals surface area contributed by atoms with Gasteiger partial charge in [-0.05, 0) is 37.6 Å². The van der Waals surface area contributed by atoms with Crippen LogP contribution in [0.1, 0.15) is 16.8 Å². The zero-order chi connectivity index (χ0) is 16.2. The molecule has 0 atom stereocenters. The van der Waals surface area contributed by atoms with Gasteiger partial charge in [-0.1, -0.05) is 36.4 Å². The minimum Gasteiger partial charge on any atom is -0.494 e. The molecule has 0 unspecified atom stereocenters. The van der Waals surface area contributed by atoms with E-state index in [1.54, 1.807) is 11.8 Å². The average molecular weight is 305 g/mol. The smallest absolute Gasteiger partial charge is 0.161 e. The Hall–Kier alpha value is -2.88. The van der Waals surface area contributed by atoms with Crippen LogP contribution in [0.4, 0.5) is 5.69 Å². The Bertz CT molecular complexity index is 835. The van der Waals surface area contributed by atoms with Crippen molar-refractivity contribution in [1.29, 1.82) is 0 Å². The van der Waals surface area contributed by atoms with Crippen LogP contribution in [0, 0.1) is 13.8 Å². The van der Waals surface area contributed by atoms with Crippen molar-refractivity contribution in [2.75, 3.05) is 7.11 Å². The monoisotopic (exact) mass is 305 g/mol. The molecule has 0 bridgehead atoms. The van der Waals surface area contributed by atoms with Crippen LogP contribution in [-0.4, -0.2) is 22.7 Å². The number of aromatic nitrogens is 2. The number of aryl methyl sites for hydroxylation is 2.